The molecular weight excluding hydrogens is 202 g/mol. The lowest BCUT2D eigenvalue weighted by molar-refractivity contribution is 0.104. The second kappa shape index (κ2) is 5.96. The normalized spacial score (nSPS) is 27.9. The molecular formula is C12H27N3O. The van der Waals surface area contributed by atoms with E-state index in [2.05, 4.69) is 30.7 Å². The Hall–Kier alpha value is -0.160. The van der Waals surface area contributed by atoms with Crippen LogP contribution in [0.5, 0.6) is 0 Å². The van der Waals surface area contributed by atoms with Crippen LogP contribution in [-0.2, 0) is 4.74 Å². The zero-order chi connectivity index (χ0) is 12.2. The van der Waals surface area contributed by atoms with E-state index in [1.54, 1.807) is 7.11 Å². The number of ether oxygens (including phenoxy) is 1. The smallest absolute Gasteiger partial charge is 0.0589 e. The molecule has 1 fully saturated rings. The molecule has 96 valence electrons. The summed E-state index contributed by atoms with van der Waals surface area (Å²) in [6.07, 6.45) is 0. The van der Waals surface area contributed by atoms with Gasteiger partial charge in [0.1, 0.15) is 0 Å². The third kappa shape index (κ3) is 4.01. The van der Waals surface area contributed by atoms with Crippen molar-refractivity contribution >= 4 is 0 Å². The first-order chi connectivity index (χ1) is 7.48. The average molecular weight is 229 g/mol. The number of nitrogens with zero attached hydrogens (tertiary/aromatic N) is 2. The number of hydrogen-bond donors (Lipinski definition) is 1. The highest BCUT2D eigenvalue weighted by Gasteiger charge is 2.31. The Labute approximate surface area is 99.7 Å². The molecule has 1 heterocycles. The van der Waals surface area contributed by atoms with Gasteiger partial charge in [-0.25, -0.2) is 0 Å². The predicted molar refractivity (Wildman–Crippen MR) is 67.6 cm³/mol. The lowest BCUT2D eigenvalue weighted by Gasteiger charge is -2.33. The monoisotopic (exact) mass is 229 g/mol. The van der Waals surface area contributed by atoms with Gasteiger partial charge in [0.25, 0.3) is 0 Å². The molecule has 0 saturated carbocycles. The fraction of sp³-hybridized carbons (Fsp3) is 1.00. The van der Waals surface area contributed by atoms with Gasteiger partial charge in [-0.15, -0.1) is 0 Å². The summed E-state index contributed by atoms with van der Waals surface area (Å²) in [6.45, 7) is 10.4. The van der Waals surface area contributed by atoms with Crippen molar-refractivity contribution in [3.05, 3.63) is 0 Å². The standard InChI is InChI=1S/C12H27N3O/c1-12(2)9-14(3)8-11(7-13)15(10-12)5-6-16-4/h11H,5-10,13H2,1-4H3. The number of nitrogens with two attached hydrogens (primary N) is 1. The maximum absolute atomic E-state index is 5.88. The van der Waals surface area contributed by atoms with E-state index in [-0.39, 0.29) is 0 Å². The molecule has 2 N–H and O–H groups in total. The fourth-order valence-corrected chi connectivity index (χ4v) is 2.69. The largest absolute Gasteiger partial charge is 0.383 e. The molecule has 0 bridgehead atoms. The predicted octanol–water partition coefficient (Wildman–Crippen LogP) is 0.234. The molecule has 0 aromatic rings. The Bertz CT molecular complexity index is 208. The molecule has 0 aliphatic carbocycles. The van der Waals surface area contributed by atoms with Crippen LogP contribution < -0.4 is 5.73 Å². The Morgan fingerprint density at radius 2 is 2.06 bits per heavy atom. The van der Waals surface area contributed by atoms with E-state index in [9.17, 15) is 0 Å². The topological polar surface area (TPSA) is 41.7 Å². The molecule has 0 aromatic carbocycles. The first-order valence-corrected chi connectivity index (χ1v) is 6.10. The minimum atomic E-state index is 0.326. The van der Waals surface area contributed by atoms with Gasteiger partial charge in [-0.05, 0) is 12.5 Å². The molecule has 0 spiro atoms. The van der Waals surface area contributed by atoms with Crippen LogP contribution >= 0.6 is 0 Å². The first kappa shape index (κ1) is 13.9. The summed E-state index contributed by atoms with van der Waals surface area (Å²) >= 11 is 0. The lowest BCUT2D eigenvalue weighted by Crippen LogP contribution is -2.47. The second-order valence-corrected chi connectivity index (χ2v) is 5.71. The van der Waals surface area contributed by atoms with Crippen LogP contribution in [0.15, 0.2) is 0 Å². The molecule has 1 aliphatic heterocycles. The van der Waals surface area contributed by atoms with Gasteiger partial charge in [0.05, 0.1) is 6.61 Å². The Morgan fingerprint density at radius 3 is 2.62 bits per heavy atom. The molecule has 1 unspecified atom stereocenters. The van der Waals surface area contributed by atoms with Crippen molar-refractivity contribution in [3.8, 4) is 0 Å². The maximum Gasteiger partial charge on any atom is 0.0589 e. The zero-order valence-electron chi connectivity index (χ0n) is 11.2. The van der Waals surface area contributed by atoms with Crippen molar-refractivity contribution in [1.29, 1.82) is 0 Å². The Morgan fingerprint density at radius 1 is 1.38 bits per heavy atom. The van der Waals surface area contributed by atoms with E-state index in [4.69, 9.17) is 10.5 Å². The van der Waals surface area contributed by atoms with E-state index in [1.165, 1.54) is 0 Å². The van der Waals surface area contributed by atoms with Crippen molar-refractivity contribution in [3.63, 3.8) is 0 Å². The summed E-state index contributed by atoms with van der Waals surface area (Å²) in [7, 11) is 3.94. The van der Waals surface area contributed by atoms with Crippen molar-refractivity contribution in [1.82, 2.24) is 9.80 Å². The molecule has 1 atom stereocenters. The molecule has 0 amide bonds. The van der Waals surface area contributed by atoms with Crippen LogP contribution in [0.3, 0.4) is 0 Å². The van der Waals surface area contributed by atoms with E-state index in [0.717, 1.165) is 39.3 Å². The van der Waals surface area contributed by atoms with Gasteiger partial charge in [0, 0.05) is 45.9 Å². The highest BCUT2D eigenvalue weighted by Crippen LogP contribution is 2.23. The third-order valence-corrected chi connectivity index (χ3v) is 3.22. The van der Waals surface area contributed by atoms with Crippen molar-refractivity contribution in [2.24, 2.45) is 11.1 Å². The Kier molecular flexibility index (Phi) is 5.18. The second-order valence-electron chi connectivity index (χ2n) is 5.71. The molecule has 16 heavy (non-hydrogen) atoms. The van der Waals surface area contributed by atoms with Gasteiger partial charge in [0.15, 0.2) is 0 Å². The number of likely N-dealkylation sites (N-methyl/N-ethyl adjacent to an activating group) is 1. The quantitative estimate of drug-likeness (QED) is 0.749. The van der Waals surface area contributed by atoms with Crippen LogP contribution in [0.4, 0.5) is 0 Å². The van der Waals surface area contributed by atoms with Gasteiger partial charge in [-0.3, -0.25) is 4.90 Å². The zero-order valence-corrected chi connectivity index (χ0v) is 11.2. The van der Waals surface area contributed by atoms with Crippen LogP contribution in [0.1, 0.15) is 13.8 Å². The summed E-state index contributed by atoms with van der Waals surface area (Å²) in [5, 5.41) is 0. The van der Waals surface area contributed by atoms with Crippen molar-refractivity contribution in [2.45, 2.75) is 19.9 Å². The van der Waals surface area contributed by atoms with Gasteiger partial charge in [-0.1, -0.05) is 13.8 Å². The minimum Gasteiger partial charge on any atom is -0.383 e. The summed E-state index contributed by atoms with van der Waals surface area (Å²) in [4.78, 5) is 4.87. The van der Waals surface area contributed by atoms with E-state index >= 15 is 0 Å². The molecule has 1 aliphatic rings. The van der Waals surface area contributed by atoms with E-state index < -0.39 is 0 Å². The fourth-order valence-electron chi connectivity index (χ4n) is 2.69. The van der Waals surface area contributed by atoms with Crippen molar-refractivity contribution in [2.75, 3.05) is 53.5 Å². The highest BCUT2D eigenvalue weighted by atomic mass is 16.5. The van der Waals surface area contributed by atoms with Crippen molar-refractivity contribution < 1.29 is 4.74 Å². The maximum atomic E-state index is 5.88. The van der Waals surface area contributed by atoms with Gasteiger partial charge in [-0.2, -0.15) is 0 Å². The molecule has 1 saturated heterocycles. The van der Waals surface area contributed by atoms with Gasteiger partial charge < -0.3 is 15.4 Å². The van der Waals surface area contributed by atoms with Crippen LogP contribution in [-0.4, -0.2) is 69.3 Å². The summed E-state index contributed by atoms with van der Waals surface area (Å²) in [5.41, 5.74) is 6.20. The van der Waals surface area contributed by atoms with Crippen LogP contribution in [0.2, 0.25) is 0 Å². The highest BCUT2D eigenvalue weighted by molar-refractivity contribution is 4.87. The molecule has 0 radical (unpaired) electrons. The van der Waals surface area contributed by atoms with Crippen LogP contribution in [0.25, 0.3) is 0 Å². The van der Waals surface area contributed by atoms with E-state index in [1.807, 2.05) is 0 Å². The summed E-state index contributed by atoms with van der Waals surface area (Å²) in [6, 6.07) is 0.460. The average Bonchev–Trinajstić information content (AvgIpc) is 2.30. The SMILES string of the molecule is COCCN1CC(C)(C)CN(C)CC1CN. The molecule has 0 aromatic heterocycles. The lowest BCUT2D eigenvalue weighted by atomic mass is 9.92. The van der Waals surface area contributed by atoms with E-state index in [0.29, 0.717) is 11.5 Å². The third-order valence-electron chi connectivity index (χ3n) is 3.22. The van der Waals surface area contributed by atoms with Gasteiger partial charge in [0.2, 0.25) is 0 Å². The Balaban J connectivity index is 2.67. The van der Waals surface area contributed by atoms with Gasteiger partial charge >= 0.3 is 0 Å². The van der Waals surface area contributed by atoms with Crippen LogP contribution in [0, 0.1) is 5.41 Å². The number of methoxy groups -OCH3 is 1. The number of rotatable bonds is 4. The minimum absolute atomic E-state index is 0.326. The summed E-state index contributed by atoms with van der Waals surface area (Å²) < 4.78 is 5.18. The summed E-state index contributed by atoms with van der Waals surface area (Å²) in [5.74, 6) is 0. The number of hydrogen-bond acceptors (Lipinski definition) is 4. The first-order valence-electron chi connectivity index (χ1n) is 6.10. The molecule has 4 heteroatoms. The molecule has 1 rings (SSSR count). The molecule has 4 nitrogen and oxygen atoms in total.